The maximum Gasteiger partial charge on any atom is 0.149 e. The van der Waals surface area contributed by atoms with Crippen LogP contribution >= 0.6 is 0 Å². The van der Waals surface area contributed by atoms with E-state index in [9.17, 15) is 4.39 Å². The van der Waals surface area contributed by atoms with Gasteiger partial charge in [0.25, 0.3) is 0 Å². The van der Waals surface area contributed by atoms with Crippen molar-refractivity contribution >= 4 is 33.3 Å². The van der Waals surface area contributed by atoms with Crippen molar-refractivity contribution < 1.29 is 4.39 Å². The van der Waals surface area contributed by atoms with Gasteiger partial charge in [0.2, 0.25) is 0 Å². The second-order valence-corrected chi connectivity index (χ2v) is 5.53. The standard InChI is InChI=1S/C19H14FN3/c1-12-6-7-15(10-16(12)20)22-19-11-21-17-8-13-4-2-3-5-14(13)9-18(17)23-19/h2-11H,1H3,(H,22,23). The Balaban J connectivity index is 1.75. The van der Waals surface area contributed by atoms with Gasteiger partial charge in [0.15, 0.2) is 0 Å². The lowest BCUT2D eigenvalue weighted by atomic mass is 10.1. The van der Waals surface area contributed by atoms with Crippen LogP contribution in [0.5, 0.6) is 0 Å². The van der Waals surface area contributed by atoms with Crippen LogP contribution in [0.2, 0.25) is 0 Å². The van der Waals surface area contributed by atoms with Gasteiger partial charge in [-0.2, -0.15) is 0 Å². The van der Waals surface area contributed by atoms with Gasteiger partial charge in [0, 0.05) is 5.69 Å². The number of nitrogens with zero attached hydrogens (tertiary/aromatic N) is 2. The first-order chi connectivity index (χ1) is 11.2. The molecule has 0 radical (unpaired) electrons. The van der Waals surface area contributed by atoms with Crippen molar-refractivity contribution in [2.45, 2.75) is 6.92 Å². The smallest absolute Gasteiger partial charge is 0.149 e. The van der Waals surface area contributed by atoms with Crippen molar-refractivity contribution in [2.75, 3.05) is 5.32 Å². The Kier molecular flexibility index (Phi) is 3.15. The van der Waals surface area contributed by atoms with Crippen LogP contribution in [0.3, 0.4) is 0 Å². The van der Waals surface area contributed by atoms with Crippen LogP contribution in [0.25, 0.3) is 21.8 Å². The van der Waals surface area contributed by atoms with E-state index in [4.69, 9.17) is 0 Å². The molecule has 1 aromatic heterocycles. The minimum absolute atomic E-state index is 0.241. The molecule has 4 rings (SSSR count). The number of anilines is 2. The normalized spacial score (nSPS) is 11.0. The second-order valence-electron chi connectivity index (χ2n) is 5.53. The van der Waals surface area contributed by atoms with Gasteiger partial charge in [-0.3, -0.25) is 4.98 Å². The Hall–Kier alpha value is -3.01. The Morgan fingerprint density at radius 2 is 1.65 bits per heavy atom. The summed E-state index contributed by atoms with van der Waals surface area (Å²) in [4.78, 5) is 9.03. The largest absolute Gasteiger partial charge is 0.339 e. The minimum atomic E-state index is -0.241. The quantitative estimate of drug-likeness (QED) is 0.531. The molecule has 0 aliphatic rings. The summed E-state index contributed by atoms with van der Waals surface area (Å²) in [5.41, 5.74) is 2.92. The minimum Gasteiger partial charge on any atom is -0.339 e. The lowest BCUT2D eigenvalue weighted by Crippen LogP contribution is -1.96. The molecule has 0 amide bonds. The topological polar surface area (TPSA) is 37.8 Å². The van der Waals surface area contributed by atoms with E-state index >= 15 is 0 Å². The van der Waals surface area contributed by atoms with E-state index in [0.717, 1.165) is 21.8 Å². The van der Waals surface area contributed by atoms with Gasteiger partial charge < -0.3 is 5.32 Å². The first kappa shape index (κ1) is 13.6. The number of hydrogen-bond donors (Lipinski definition) is 1. The third-order valence-corrected chi connectivity index (χ3v) is 3.85. The van der Waals surface area contributed by atoms with Gasteiger partial charge in [-0.05, 0) is 47.5 Å². The summed E-state index contributed by atoms with van der Waals surface area (Å²) in [5, 5.41) is 5.35. The van der Waals surface area contributed by atoms with Gasteiger partial charge in [0.05, 0.1) is 17.2 Å². The van der Waals surface area contributed by atoms with Crippen molar-refractivity contribution in [3.05, 3.63) is 72.2 Å². The first-order valence-corrected chi connectivity index (χ1v) is 7.38. The molecule has 1 N–H and O–H groups in total. The van der Waals surface area contributed by atoms with Crippen molar-refractivity contribution in [2.24, 2.45) is 0 Å². The first-order valence-electron chi connectivity index (χ1n) is 7.38. The van der Waals surface area contributed by atoms with Crippen LogP contribution in [0, 0.1) is 12.7 Å². The van der Waals surface area contributed by atoms with Crippen molar-refractivity contribution in [1.82, 2.24) is 9.97 Å². The van der Waals surface area contributed by atoms with Crippen LogP contribution in [0.4, 0.5) is 15.9 Å². The van der Waals surface area contributed by atoms with Crippen LogP contribution < -0.4 is 5.32 Å². The number of nitrogens with one attached hydrogen (secondary N) is 1. The molecule has 0 aliphatic carbocycles. The van der Waals surface area contributed by atoms with Crippen molar-refractivity contribution in [3.8, 4) is 0 Å². The van der Waals surface area contributed by atoms with Crippen LogP contribution in [-0.2, 0) is 0 Å². The van der Waals surface area contributed by atoms with E-state index in [-0.39, 0.29) is 5.82 Å². The third-order valence-electron chi connectivity index (χ3n) is 3.85. The number of halogens is 1. The second kappa shape index (κ2) is 5.32. The van der Waals surface area contributed by atoms with Crippen molar-refractivity contribution in [1.29, 1.82) is 0 Å². The van der Waals surface area contributed by atoms with Crippen LogP contribution in [0.1, 0.15) is 5.56 Å². The molecule has 0 fully saturated rings. The van der Waals surface area contributed by atoms with Gasteiger partial charge in [0.1, 0.15) is 11.6 Å². The zero-order chi connectivity index (χ0) is 15.8. The molecule has 4 heteroatoms. The summed E-state index contributed by atoms with van der Waals surface area (Å²) in [6.07, 6.45) is 1.66. The Bertz CT molecular complexity index is 1030. The molecule has 3 nitrogen and oxygen atoms in total. The molecule has 0 aliphatic heterocycles. The van der Waals surface area contributed by atoms with Crippen molar-refractivity contribution in [3.63, 3.8) is 0 Å². The molecule has 0 unspecified atom stereocenters. The number of aromatic nitrogens is 2. The number of hydrogen-bond acceptors (Lipinski definition) is 3. The molecular formula is C19H14FN3. The van der Waals surface area contributed by atoms with Crippen LogP contribution in [0.15, 0.2) is 60.8 Å². The van der Waals surface area contributed by atoms with Gasteiger partial charge >= 0.3 is 0 Å². The maximum atomic E-state index is 13.6. The molecule has 112 valence electrons. The van der Waals surface area contributed by atoms with E-state index in [1.807, 2.05) is 36.4 Å². The average molecular weight is 303 g/mol. The predicted molar refractivity (Wildman–Crippen MR) is 91.5 cm³/mol. The SMILES string of the molecule is Cc1ccc(Nc2cnc3cc4ccccc4cc3n2)cc1F. The fourth-order valence-electron chi connectivity index (χ4n) is 2.58. The lowest BCUT2D eigenvalue weighted by molar-refractivity contribution is 0.619. The molecular weight excluding hydrogens is 289 g/mol. The molecule has 3 aromatic carbocycles. The third kappa shape index (κ3) is 2.59. The Morgan fingerprint density at radius 3 is 2.39 bits per heavy atom. The monoisotopic (exact) mass is 303 g/mol. The molecule has 0 saturated carbocycles. The van der Waals surface area contributed by atoms with E-state index in [2.05, 4.69) is 21.4 Å². The maximum absolute atomic E-state index is 13.6. The molecule has 23 heavy (non-hydrogen) atoms. The summed E-state index contributed by atoms with van der Waals surface area (Å²) in [6, 6.07) is 17.2. The highest BCUT2D eigenvalue weighted by Crippen LogP contribution is 2.23. The number of aryl methyl sites for hydroxylation is 1. The summed E-state index contributed by atoms with van der Waals surface area (Å²) in [7, 11) is 0. The van der Waals surface area contributed by atoms with E-state index in [0.29, 0.717) is 17.1 Å². The summed E-state index contributed by atoms with van der Waals surface area (Å²) in [6.45, 7) is 1.74. The van der Waals surface area contributed by atoms with Gasteiger partial charge in [-0.25, -0.2) is 9.37 Å². The number of fused-ring (bicyclic) bond motifs is 2. The fourth-order valence-corrected chi connectivity index (χ4v) is 2.58. The average Bonchev–Trinajstić information content (AvgIpc) is 2.56. The zero-order valence-electron chi connectivity index (χ0n) is 12.5. The highest BCUT2D eigenvalue weighted by molar-refractivity contribution is 5.95. The lowest BCUT2D eigenvalue weighted by Gasteiger charge is -2.08. The predicted octanol–water partition coefficient (Wildman–Crippen LogP) is 4.97. The van der Waals surface area contributed by atoms with E-state index in [1.165, 1.54) is 6.07 Å². The highest BCUT2D eigenvalue weighted by atomic mass is 19.1. The number of benzene rings is 3. The highest BCUT2D eigenvalue weighted by Gasteiger charge is 2.04. The van der Waals surface area contributed by atoms with E-state index in [1.54, 1.807) is 19.2 Å². The summed E-state index contributed by atoms with van der Waals surface area (Å²) < 4.78 is 13.6. The Labute approximate surface area is 132 Å². The molecule has 0 saturated heterocycles. The molecule has 1 heterocycles. The molecule has 0 atom stereocenters. The molecule has 0 bridgehead atoms. The molecule has 4 aromatic rings. The summed E-state index contributed by atoms with van der Waals surface area (Å²) >= 11 is 0. The Morgan fingerprint density at radius 1 is 0.913 bits per heavy atom. The van der Waals surface area contributed by atoms with Crippen LogP contribution in [-0.4, -0.2) is 9.97 Å². The molecule has 0 spiro atoms. The fraction of sp³-hybridized carbons (Fsp3) is 0.0526. The van der Waals surface area contributed by atoms with Gasteiger partial charge in [-0.1, -0.05) is 30.3 Å². The summed E-state index contributed by atoms with van der Waals surface area (Å²) in [5.74, 6) is 0.353. The van der Waals surface area contributed by atoms with E-state index < -0.39 is 0 Å². The zero-order valence-corrected chi connectivity index (χ0v) is 12.5. The number of rotatable bonds is 2. The van der Waals surface area contributed by atoms with Gasteiger partial charge in [-0.15, -0.1) is 0 Å².